The number of fused-ring (bicyclic) bond motifs is 5. The van der Waals surface area contributed by atoms with Gasteiger partial charge in [0.05, 0.1) is 18.0 Å². The number of nitrogens with zero attached hydrogens (tertiary/aromatic N) is 1. The number of carboxylic acid groups (broad SMARTS) is 1. The summed E-state index contributed by atoms with van der Waals surface area (Å²) in [6, 6.07) is 18.0. The Morgan fingerprint density at radius 3 is 2.08 bits per heavy atom. The molecule has 25 heavy (non-hydrogen) atoms. The molecule has 2 aliphatic rings. The standard InChI is InChI=1S/C21H21NO3/c23-20(13-15(21(24)25)12-14-6-2-1-3-7-14)22-18-10-11-19(22)17-9-5-4-8-16(17)18/h1-9,15,18-19H,10-13H2,(H,24,25)/t15?,18-,19-/m0/s1. The van der Waals surface area contributed by atoms with Gasteiger partial charge < -0.3 is 10.0 Å². The summed E-state index contributed by atoms with van der Waals surface area (Å²) in [6.45, 7) is 0. The summed E-state index contributed by atoms with van der Waals surface area (Å²) in [7, 11) is 0. The lowest BCUT2D eigenvalue weighted by Crippen LogP contribution is -2.32. The largest absolute Gasteiger partial charge is 0.481 e. The van der Waals surface area contributed by atoms with Crippen LogP contribution in [0.5, 0.6) is 0 Å². The number of hydrogen-bond donors (Lipinski definition) is 1. The van der Waals surface area contributed by atoms with Crippen LogP contribution in [0, 0.1) is 5.92 Å². The van der Waals surface area contributed by atoms with Crippen LogP contribution in [0.2, 0.25) is 0 Å². The van der Waals surface area contributed by atoms with E-state index in [9.17, 15) is 14.7 Å². The minimum atomic E-state index is -0.902. The lowest BCUT2D eigenvalue weighted by Gasteiger charge is -2.24. The third kappa shape index (κ3) is 2.82. The Kier molecular flexibility index (Phi) is 4.04. The topological polar surface area (TPSA) is 57.6 Å². The monoisotopic (exact) mass is 335 g/mol. The summed E-state index contributed by atoms with van der Waals surface area (Å²) in [5, 5.41) is 9.58. The Morgan fingerprint density at radius 2 is 1.52 bits per heavy atom. The van der Waals surface area contributed by atoms with E-state index < -0.39 is 11.9 Å². The zero-order valence-electron chi connectivity index (χ0n) is 14.0. The zero-order chi connectivity index (χ0) is 17.4. The molecule has 2 bridgehead atoms. The lowest BCUT2D eigenvalue weighted by atomic mass is 9.92. The van der Waals surface area contributed by atoms with Gasteiger partial charge in [-0.2, -0.15) is 0 Å². The molecule has 4 rings (SSSR count). The van der Waals surface area contributed by atoms with E-state index in [1.54, 1.807) is 0 Å². The average Bonchev–Trinajstić information content (AvgIpc) is 3.19. The highest BCUT2D eigenvalue weighted by molar-refractivity contribution is 5.84. The van der Waals surface area contributed by atoms with Crippen molar-refractivity contribution in [3.05, 3.63) is 71.3 Å². The Labute approximate surface area is 147 Å². The summed E-state index contributed by atoms with van der Waals surface area (Å²) < 4.78 is 0. The number of rotatable bonds is 5. The first-order valence-corrected chi connectivity index (χ1v) is 8.82. The van der Waals surface area contributed by atoms with Gasteiger partial charge in [0.25, 0.3) is 0 Å². The predicted molar refractivity (Wildman–Crippen MR) is 93.9 cm³/mol. The van der Waals surface area contributed by atoms with E-state index in [1.165, 1.54) is 11.1 Å². The van der Waals surface area contributed by atoms with Crippen LogP contribution in [0.25, 0.3) is 0 Å². The SMILES string of the molecule is O=C(O)C(CC(=O)N1[C@H]2CC[C@H]1c1ccccc12)Cc1ccccc1. The van der Waals surface area contributed by atoms with Crippen molar-refractivity contribution in [3.63, 3.8) is 0 Å². The van der Waals surface area contributed by atoms with Crippen molar-refractivity contribution in [1.29, 1.82) is 0 Å². The van der Waals surface area contributed by atoms with E-state index in [0.717, 1.165) is 18.4 Å². The number of carbonyl (C=O) groups is 2. The second kappa shape index (κ2) is 6.36. The molecule has 4 nitrogen and oxygen atoms in total. The van der Waals surface area contributed by atoms with Crippen LogP contribution < -0.4 is 0 Å². The molecular weight excluding hydrogens is 314 g/mol. The fourth-order valence-electron chi connectivity index (χ4n) is 4.35. The van der Waals surface area contributed by atoms with Crippen LogP contribution in [0.4, 0.5) is 0 Å². The summed E-state index contributed by atoms with van der Waals surface area (Å²) in [5.74, 6) is -1.62. The Hall–Kier alpha value is -2.62. The molecule has 1 fully saturated rings. The summed E-state index contributed by atoms with van der Waals surface area (Å²) in [6.07, 6.45) is 2.40. The molecule has 2 aromatic rings. The number of benzene rings is 2. The maximum Gasteiger partial charge on any atom is 0.307 e. The van der Waals surface area contributed by atoms with Crippen LogP contribution in [-0.2, 0) is 16.0 Å². The molecule has 2 aliphatic heterocycles. The molecule has 0 saturated carbocycles. The maximum atomic E-state index is 12.9. The first kappa shape index (κ1) is 15.9. The normalized spacial score (nSPS) is 21.8. The number of aliphatic carboxylic acids is 1. The Balaban J connectivity index is 1.51. The molecule has 2 aromatic carbocycles. The molecule has 3 atom stereocenters. The maximum absolute atomic E-state index is 12.9. The van der Waals surface area contributed by atoms with E-state index in [-0.39, 0.29) is 24.4 Å². The second-order valence-electron chi connectivity index (χ2n) is 6.97. The Morgan fingerprint density at radius 1 is 0.960 bits per heavy atom. The van der Waals surface area contributed by atoms with E-state index in [1.807, 2.05) is 47.4 Å². The van der Waals surface area contributed by atoms with E-state index in [0.29, 0.717) is 6.42 Å². The van der Waals surface area contributed by atoms with Gasteiger partial charge in [-0.05, 0) is 36.0 Å². The molecule has 1 N–H and O–H groups in total. The molecule has 0 aromatic heterocycles. The van der Waals surface area contributed by atoms with Gasteiger partial charge in [-0.3, -0.25) is 9.59 Å². The molecule has 1 unspecified atom stereocenters. The van der Waals surface area contributed by atoms with Crippen LogP contribution in [0.3, 0.4) is 0 Å². The van der Waals surface area contributed by atoms with E-state index in [4.69, 9.17) is 0 Å². The zero-order valence-corrected chi connectivity index (χ0v) is 14.0. The van der Waals surface area contributed by atoms with Crippen molar-refractivity contribution in [2.75, 3.05) is 0 Å². The third-order valence-electron chi connectivity index (χ3n) is 5.48. The van der Waals surface area contributed by atoms with Gasteiger partial charge in [0, 0.05) is 6.42 Å². The third-order valence-corrected chi connectivity index (χ3v) is 5.48. The molecule has 0 aliphatic carbocycles. The van der Waals surface area contributed by atoms with Gasteiger partial charge in [0.15, 0.2) is 0 Å². The molecule has 1 amide bonds. The highest BCUT2D eigenvalue weighted by Crippen LogP contribution is 2.53. The van der Waals surface area contributed by atoms with Crippen molar-refractivity contribution in [2.24, 2.45) is 5.92 Å². The molecule has 128 valence electrons. The molecular formula is C21H21NO3. The molecule has 2 heterocycles. The summed E-state index contributed by atoms with van der Waals surface area (Å²) in [4.78, 5) is 26.6. The van der Waals surface area contributed by atoms with Gasteiger partial charge in [0.1, 0.15) is 0 Å². The average molecular weight is 335 g/mol. The molecule has 1 saturated heterocycles. The van der Waals surface area contributed by atoms with Gasteiger partial charge in [-0.15, -0.1) is 0 Å². The van der Waals surface area contributed by atoms with Crippen molar-refractivity contribution < 1.29 is 14.7 Å². The summed E-state index contributed by atoms with van der Waals surface area (Å²) >= 11 is 0. The Bertz CT molecular complexity index is 771. The number of amides is 1. The fourth-order valence-corrected chi connectivity index (χ4v) is 4.35. The van der Waals surface area contributed by atoms with Crippen LogP contribution in [0.1, 0.15) is 48.0 Å². The second-order valence-corrected chi connectivity index (χ2v) is 6.97. The van der Waals surface area contributed by atoms with E-state index in [2.05, 4.69) is 12.1 Å². The van der Waals surface area contributed by atoms with Crippen LogP contribution in [0.15, 0.2) is 54.6 Å². The van der Waals surface area contributed by atoms with Crippen molar-refractivity contribution in [2.45, 2.75) is 37.8 Å². The molecule has 0 radical (unpaired) electrons. The minimum absolute atomic E-state index is 0.0352. The highest BCUT2D eigenvalue weighted by atomic mass is 16.4. The van der Waals surface area contributed by atoms with Gasteiger partial charge >= 0.3 is 5.97 Å². The summed E-state index contributed by atoms with van der Waals surface area (Å²) in [5.41, 5.74) is 3.43. The van der Waals surface area contributed by atoms with Gasteiger partial charge in [-0.25, -0.2) is 0 Å². The number of hydrogen-bond acceptors (Lipinski definition) is 2. The van der Waals surface area contributed by atoms with Gasteiger partial charge in [0.2, 0.25) is 5.91 Å². The number of carbonyl (C=O) groups excluding carboxylic acids is 1. The van der Waals surface area contributed by atoms with Crippen molar-refractivity contribution in [3.8, 4) is 0 Å². The highest BCUT2D eigenvalue weighted by Gasteiger charge is 2.46. The first-order valence-electron chi connectivity index (χ1n) is 8.82. The smallest absolute Gasteiger partial charge is 0.307 e. The molecule has 4 heteroatoms. The quantitative estimate of drug-likeness (QED) is 0.905. The number of carboxylic acids is 1. The van der Waals surface area contributed by atoms with Crippen LogP contribution in [-0.4, -0.2) is 21.9 Å². The predicted octanol–water partition coefficient (Wildman–Crippen LogP) is 3.74. The molecule has 0 spiro atoms. The van der Waals surface area contributed by atoms with Crippen molar-refractivity contribution >= 4 is 11.9 Å². The fraction of sp³-hybridized carbons (Fsp3) is 0.333. The minimum Gasteiger partial charge on any atom is -0.481 e. The first-order chi connectivity index (χ1) is 12.1. The lowest BCUT2D eigenvalue weighted by molar-refractivity contribution is -0.146. The van der Waals surface area contributed by atoms with E-state index >= 15 is 0 Å². The van der Waals surface area contributed by atoms with Crippen molar-refractivity contribution in [1.82, 2.24) is 4.90 Å². The van der Waals surface area contributed by atoms with Gasteiger partial charge in [-0.1, -0.05) is 54.6 Å². The van der Waals surface area contributed by atoms with Crippen LogP contribution >= 0.6 is 0 Å².